The Labute approximate surface area is 142 Å². The van der Waals surface area contributed by atoms with Gasteiger partial charge in [-0.2, -0.15) is 0 Å². The first-order valence-electron chi connectivity index (χ1n) is 9.54. The highest BCUT2D eigenvalue weighted by Crippen LogP contribution is 2.67. The number of fused-ring (bicyclic) bond motifs is 3. The van der Waals surface area contributed by atoms with Crippen LogP contribution in [0.5, 0.6) is 0 Å². The molecule has 0 heterocycles. The Morgan fingerprint density at radius 2 is 1.96 bits per heavy atom. The summed E-state index contributed by atoms with van der Waals surface area (Å²) in [5, 5.41) is 0. The lowest BCUT2D eigenvalue weighted by atomic mass is 9.43. The Kier molecular flexibility index (Phi) is 4.14. The maximum atomic E-state index is 12.9. The summed E-state index contributed by atoms with van der Waals surface area (Å²) >= 11 is 0. The number of carbonyl (C=O) groups is 1. The molecule has 3 aliphatic rings. The van der Waals surface area contributed by atoms with Crippen molar-refractivity contribution in [1.82, 2.24) is 0 Å². The molecule has 1 heteroatoms. The first-order chi connectivity index (χ1) is 10.7. The topological polar surface area (TPSA) is 17.1 Å². The summed E-state index contributed by atoms with van der Waals surface area (Å²) in [4.78, 5) is 12.9. The van der Waals surface area contributed by atoms with E-state index >= 15 is 0 Å². The second kappa shape index (κ2) is 5.60. The predicted octanol–water partition coefficient (Wildman–Crippen LogP) is 5.96. The second-order valence-electron chi connectivity index (χ2n) is 9.45. The lowest BCUT2D eigenvalue weighted by Crippen LogP contribution is -2.57. The van der Waals surface area contributed by atoms with Crippen LogP contribution in [0.25, 0.3) is 0 Å². The van der Waals surface area contributed by atoms with Crippen LogP contribution in [0.3, 0.4) is 0 Å². The molecule has 0 aliphatic heterocycles. The van der Waals surface area contributed by atoms with Crippen molar-refractivity contribution in [2.45, 2.75) is 72.6 Å². The van der Waals surface area contributed by atoms with Gasteiger partial charge in [-0.15, -0.1) is 6.58 Å². The zero-order valence-electron chi connectivity index (χ0n) is 15.6. The molecular weight excluding hydrogens is 280 g/mol. The molecule has 3 rings (SSSR count). The normalized spacial score (nSPS) is 46.4. The van der Waals surface area contributed by atoms with Gasteiger partial charge >= 0.3 is 0 Å². The Morgan fingerprint density at radius 1 is 1.26 bits per heavy atom. The first kappa shape index (κ1) is 17.0. The number of ketones is 1. The largest absolute Gasteiger partial charge is 0.299 e. The molecule has 0 N–H and O–H groups in total. The van der Waals surface area contributed by atoms with Crippen molar-refractivity contribution in [2.75, 3.05) is 0 Å². The van der Waals surface area contributed by atoms with Gasteiger partial charge in [-0.05, 0) is 68.1 Å². The van der Waals surface area contributed by atoms with Crippen molar-refractivity contribution in [1.29, 1.82) is 0 Å². The highest BCUT2D eigenvalue weighted by atomic mass is 16.1. The summed E-state index contributed by atoms with van der Waals surface area (Å²) in [5.74, 6) is 3.11. The maximum absolute atomic E-state index is 12.9. The zero-order chi connectivity index (χ0) is 17.0. The van der Waals surface area contributed by atoms with Crippen LogP contribution in [0.1, 0.15) is 72.6 Å². The fourth-order valence-corrected chi connectivity index (χ4v) is 6.64. The van der Waals surface area contributed by atoms with Gasteiger partial charge in [-0.1, -0.05) is 44.9 Å². The molecule has 0 spiro atoms. The lowest BCUT2D eigenvalue weighted by molar-refractivity contribution is -0.159. The van der Waals surface area contributed by atoms with Gasteiger partial charge in [-0.3, -0.25) is 4.79 Å². The van der Waals surface area contributed by atoms with Crippen LogP contribution in [0.15, 0.2) is 24.3 Å². The van der Waals surface area contributed by atoms with E-state index in [1.165, 1.54) is 30.4 Å². The number of hydrogen-bond acceptors (Lipinski definition) is 1. The number of hydrogen-bond donors (Lipinski definition) is 0. The highest BCUT2D eigenvalue weighted by Gasteiger charge is 2.63. The molecule has 23 heavy (non-hydrogen) atoms. The van der Waals surface area contributed by atoms with E-state index in [0.717, 1.165) is 37.5 Å². The van der Waals surface area contributed by atoms with Gasteiger partial charge in [0.25, 0.3) is 0 Å². The molecule has 3 saturated carbocycles. The van der Waals surface area contributed by atoms with Gasteiger partial charge in [0.1, 0.15) is 5.78 Å². The second-order valence-corrected chi connectivity index (χ2v) is 9.45. The molecule has 0 unspecified atom stereocenters. The Balaban J connectivity index is 2.00. The Morgan fingerprint density at radius 3 is 2.61 bits per heavy atom. The minimum absolute atomic E-state index is 0.138. The standard InChI is InChI=1S/C22H34O/c1-14(2)7-10-18-16(4)8-9-17-12-20(23)21(5)13-15(3)11-19(21)22(17,18)6/h16-19H,1,3,7-13H2,2,4-6H3/t16-,17+,18+,19+,21+,22+/m0/s1. The van der Waals surface area contributed by atoms with Gasteiger partial charge < -0.3 is 0 Å². The Bertz CT molecular complexity index is 544. The van der Waals surface area contributed by atoms with Gasteiger partial charge in [0.2, 0.25) is 0 Å². The van der Waals surface area contributed by atoms with Gasteiger partial charge in [0, 0.05) is 11.8 Å². The third-order valence-electron chi connectivity index (χ3n) is 7.92. The first-order valence-corrected chi connectivity index (χ1v) is 9.54. The molecule has 128 valence electrons. The van der Waals surface area contributed by atoms with Gasteiger partial charge in [0.15, 0.2) is 0 Å². The summed E-state index contributed by atoms with van der Waals surface area (Å²) in [7, 11) is 0. The molecule has 3 aliphatic carbocycles. The number of allylic oxidation sites excluding steroid dienone is 2. The average Bonchev–Trinajstić information content (AvgIpc) is 2.78. The third kappa shape index (κ3) is 2.46. The number of carbonyl (C=O) groups excluding carboxylic acids is 1. The lowest BCUT2D eigenvalue weighted by Gasteiger charge is -2.60. The van der Waals surface area contributed by atoms with E-state index in [1.807, 2.05) is 0 Å². The zero-order valence-corrected chi connectivity index (χ0v) is 15.6. The van der Waals surface area contributed by atoms with Crippen LogP contribution in [-0.4, -0.2) is 5.78 Å². The minimum atomic E-state index is -0.138. The van der Waals surface area contributed by atoms with Crippen molar-refractivity contribution >= 4 is 5.78 Å². The van der Waals surface area contributed by atoms with Crippen LogP contribution < -0.4 is 0 Å². The number of Topliss-reactive ketones (excluding diaryl/α,β-unsaturated/α-hetero) is 1. The molecule has 0 amide bonds. The van der Waals surface area contributed by atoms with Gasteiger partial charge in [-0.25, -0.2) is 0 Å². The monoisotopic (exact) mass is 314 g/mol. The van der Waals surface area contributed by atoms with Crippen molar-refractivity contribution in [3.8, 4) is 0 Å². The van der Waals surface area contributed by atoms with Crippen LogP contribution >= 0.6 is 0 Å². The van der Waals surface area contributed by atoms with E-state index in [4.69, 9.17) is 0 Å². The van der Waals surface area contributed by atoms with E-state index in [1.54, 1.807) is 0 Å². The minimum Gasteiger partial charge on any atom is -0.299 e. The summed E-state index contributed by atoms with van der Waals surface area (Å²) in [5.41, 5.74) is 2.77. The molecule has 0 radical (unpaired) electrons. The molecule has 1 nitrogen and oxygen atoms in total. The quantitative estimate of drug-likeness (QED) is 0.588. The van der Waals surface area contributed by atoms with Gasteiger partial charge in [0.05, 0.1) is 0 Å². The van der Waals surface area contributed by atoms with Crippen LogP contribution in [0.4, 0.5) is 0 Å². The van der Waals surface area contributed by atoms with Crippen LogP contribution in [0.2, 0.25) is 0 Å². The van der Waals surface area contributed by atoms with E-state index in [9.17, 15) is 4.79 Å². The van der Waals surface area contributed by atoms with Crippen LogP contribution in [-0.2, 0) is 4.79 Å². The smallest absolute Gasteiger partial charge is 0.139 e. The van der Waals surface area contributed by atoms with Crippen molar-refractivity contribution < 1.29 is 4.79 Å². The van der Waals surface area contributed by atoms with E-state index < -0.39 is 0 Å². The molecule has 3 fully saturated rings. The molecular formula is C22H34O. The fourth-order valence-electron chi connectivity index (χ4n) is 6.64. The highest BCUT2D eigenvalue weighted by molar-refractivity contribution is 5.87. The summed E-state index contributed by atoms with van der Waals surface area (Å²) in [6, 6.07) is 0. The summed E-state index contributed by atoms with van der Waals surface area (Å²) < 4.78 is 0. The summed E-state index contributed by atoms with van der Waals surface area (Å²) in [6.45, 7) is 17.8. The molecule has 0 aromatic rings. The molecule has 0 bridgehead atoms. The summed E-state index contributed by atoms with van der Waals surface area (Å²) in [6.07, 6.45) is 7.73. The fraction of sp³-hybridized carbons (Fsp3) is 0.773. The SMILES string of the molecule is C=C(C)CC[C@@H]1[C@@H](C)CC[C@@H]2CC(=O)[C@]3(C)CC(=C)C[C@H]3[C@]21C. The van der Waals surface area contributed by atoms with Crippen LogP contribution in [0, 0.1) is 34.5 Å². The number of rotatable bonds is 3. The van der Waals surface area contributed by atoms with Crippen molar-refractivity contribution in [2.24, 2.45) is 34.5 Å². The molecule has 0 saturated heterocycles. The van der Waals surface area contributed by atoms with Crippen molar-refractivity contribution in [3.63, 3.8) is 0 Å². The molecule has 6 atom stereocenters. The molecule has 0 aromatic heterocycles. The molecule has 0 aromatic carbocycles. The van der Waals surface area contributed by atoms with Crippen molar-refractivity contribution in [3.05, 3.63) is 24.3 Å². The van der Waals surface area contributed by atoms with E-state index in [2.05, 4.69) is 40.9 Å². The van der Waals surface area contributed by atoms with E-state index in [-0.39, 0.29) is 5.41 Å². The van der Waals surface area contributed by atoms with E-state index in [0.29, 0.717) is 23.0 Å². The maximum Gasteiger partial charge on any atom is 0.139 e. The Hall–Kier alpha value is -0.850. The predicted molar refractivity (Wildman–Crippen MR) is 97.1 cm³/mol. The average molecular weight is 315 g/mol. The third-order valence-corrected chi connectivity index (χ3v) is 7.92.